The first-order valence-corrected chi connectivity index (χ1v) is 4.66. The van der Waals surface area contributed by atoms with E-state index in [2.05, 4.69) is 18.5 Å². The van der Waals surface area contributed by atoms with Crippen LogP contribution in [0, 0.1) is 11.3 Å². The standard InChI is InChI=1S/C9H12N2S/c1-3-12-9(2)8-11-7-5-4-6-10/h5,7-8H,2-4H2,1H3/b7-5-,11-8-. The van der Waals surface area contributed by atoms with Gasteiger partial charge in [-0.15, -0.1) is 11.8 Å². The lowest BCUT2D eigenvalue weighted by atomic mass is 10.5. The van der Waals surface area contributed by atoms with Gasteiger partial charge in [0.25, 0.3) is 0 Å². The number of hydrogen-bond acceptors (Lipinski definition) is 3. The van der Waals surface area contributed by atoms with Gasteiger partial charge in [-0.2, -0.15) is 5.26 Å². The Hall–Kier alpha value is -1.01. The van der Waals surface area contributed by atoms with Gasteiger partial charge in [-0.3, -0.25) is 4.99 Å². The molecular weight excluding hydrogens is 168 g/mol. The Bertz CT molecular complexity index is 223. The van der Waals surface area contributed by atoms with E-state index in [1.54, 1.807) is 30.3 Å². The number of nitrogens with zero attached hydrogens (tertiary/aromatic N) is 2. The van der Waals surface area contributed by atoms with Crippen LogP contribution in [0.3, 0.4) is 0 Å². The molecule has 0 aliphatic rings. The van der Waals surface area contributed by atoms with Gasteiger partial charge >= 0.3 is 0 Å². The SMILES string of the molecule is C=C(/C=N\C=C/CC#N)SCC. The summed E-state index contributed by atoms with van der Waals surface area (Å²) in [6, 6.07) is 1.99. The van der Waals surface area contributed by atoms with Crippen molar-refractivity contribution in [3.63, 3.8) is 0 Å². The van der Waals surface area contributed by atoms with Crippen LogP contribution in [0.15, 0.2) is 28.8 Å². The summed E-state index contributed by atoms with van der Waals surface area (Å²) in [5.41, 5.74) is 0. The maximum Gasteiger partial charge on any atom is 0.0663 e. The van der Waals surface area contributed by atoms with E-state index in [4.69, 9.17) is 5.26 Å². The second kappa shape index (κ2) is 8.09. The first-order chi connectivity index (χ1) is 5.81. The highest BCUT2D eigenvalue weighted by Gasteiger charge is 1.83. The van der Waals surface area contributed by atoms with Crippen LogP contribution >= 0.6 is 11.8 Å². The molecule has 64 valence electrons. The van der Waals surface area contributed by atoms with Gasteiger partial charge < -0.3 is 0 Å². The van der Waals surface area contributed by atoms with E-state index < -0.39 is 0 Å². The van der Waals surface area contributed by atoms with Gasteiger partial charge in [0.15, 0.2) is 0 Å². The van der Waals surface area contributed by atoms with Crippen molar-refractivity contribution in [2.45, 2.75) is 13.3 Å². The Balaban J connectivity index is 3.62. The normalized spacial score (nSPS) is 10.7. The maximum absolute atomic E-state index is 8.18. The van der Waals surface area contributed by atoms with E-state index >= 15 is 0 Å². The molecule has 0 fully saturated rings. The van der Waals surface area contributed by atoms with Crippen molar-refractivity contribution >= 4 is 18.0 Å². The largest absolute Gasteiger partial charge is 0.264 e. The molecule has 0 aromatic heterocycles. The third-order valence-electron chi connectivity index (χ3n) is 0.949. The summed E-state index contributed by atoms with van der Waals surface area (Å²) in [5, 5.41) is 8.18. The highest BCUT2D eigenvalue weighted by atomic mass is 32.2. The number of allylic oxidation sites excluding steroid dienone is 2. The summed E-state index contributed by atoms with van der Waals surface area (Å²) < 4.78 is 0. The minimum Gasteiger partial charge on any atom is -0.264 e. The fourth-order valence-corrected chi connectivity index (χ4v) is 1.02. The molecule has 0 amide bonds. The summed E-state index contributed by atoms with van der Waals surface area (Å²) in [4.78, 5) is 4.89. The van der Waals surface area contributed by atoms with Crippen molar-refractivity contribution in [2.75, 3.05) is 5.75 Å². The molecule has 0 atom stereocenters. The molecule has 0 aliphatic carbocycles. The number of hydrogen-bond donors (Lipinski definition) is 0. The van der Waals surface area contributed by atoms with Crippen LogP contribution in [-0.4, -0.2) is 12.0 Å². The lowest BCUT2D eigenvalue weighted by Gasteiger charge is -1.91. The molecule has 0 bridgehead atoms. The van der Waals surface area contributed by atoms with E-state index in [1.807, 2.05) is 6.07 Å². The molecule has 0 radical (unpaired) electrons. The Kier molecular flexibility index (Phi) is 7.41. The van der Waals surface area contributed by atoms with E-state index in [1.165, 1.54) is 0 Å². The molecule has 0 aromatic carbocycles. The predicted molar refractivity (Wildman–Crippen MR) is 55.1 cm³/mol. The fourth-order valence-electron chi connectivity index (χ4n) is 0.515. The molecular formula is C9H12N2S. The van der Waals surface area contributed by atoms with Gasteiger partial charge in [0.05, 0.1) is 12.5 Å². The van der Waals surface area contributed by atoms with Crippen molar-refractivity contribution in [2.24, 2.45) is 4.99 Å². The monoisotopic (exact) mass is 180 g/mol. The van der Waals surface area contributed by atoms with Gasteiger partial charge in [-0.1, -0.05) is 19.6 Å². The third-order valence-corrected chi connectivity index (χ3v) is 1.71. The molecule has 0 spiro atoms. The minimum absolute atomic E-state index is 0.407. The molecule has 0 N–H and O–H groups in total. The summed E-state index contributed by atoms with van der Waals surface area (Å²) in [5.74, 6) is 1.01. The van der Waals surface area contributed by atoms with E-state index in [-0.39, 0.29) is 0 Å². The molecule has 0 aromatic rings. The van der Waals surface area contributed by atoms with Crippen molar-refractivity contribution in [1.29, 1.82) is 5.26 Å². The molecule has 0 saturated carbocycles. The van der Waals surface area contributed by atoms with E-state index in [0.29, 0.717) is 6.42 Å². The zero-order valence-electron chi connectivity index (χ0n) is 7.16. The molecule has 0 saturated heterocycles. The molecule has 2 nitrogen and oxygen atoms in total. The first-order valence-electron chi connectivity index (χ1n) is 3.68. The minimum atomic E-state index is 0.407. The lowest BCUT2D eigenvalue weighted by Crippen LogP contribution is -1.75. The second-order valence-electron chi connectivity index (χ2n) is 1.92. The third kappa shape index (κ3) is 7.10. The van der Waals surface area contributed by atoms with Gasteiger partial charge in [-0.25, -0.2) is 0 Å². The number of thioether (sulfide) groups is 1. The Morgan fingerprint density at radius 2 is 2.50 bits per heavy atom. The summed E-state index contributed by atoms with van der Waals surface area (Å²) in [7, 11) is 0. The van der Waals surface area contributed by atoms with Gasteiger partial charge in [0.1, 0.15) is 0 Å². The van der Waals surface area contributed by atoms with Crippen LogP contribution in [0.4, 0.5) is 0 Å². The van der Waals surface area contributed by atoms with Crippen LogP contribution in [0.5, 0.6) is 0 Å². The van der Waals surface area contributed by atoms with Gasteiger partial charge in [0, 0.05) is 17.3 Å². The predicted octanol–water partition coefficient (Wildman–Crippen LogP) is 2.75. The Labute approximate surface area is 77.7 Å². The number of rotatable bonds is 5. The molecule has 0 rings (SSSR count). The highest BCUT2D eigenvalue weighted by molar-refractivity contribution is 8.03. The maximum atomic E-state index is 8.18. The fraction of sp³-hybridized carbons (Fsp3) is 0.333. The van der Waals surface area contributed by atoms with E-state index in [0.717, 1.165) is 10.7 Å². The molecule has 0 heterocycles. The molecule has 12 heavy (non-hydrogen) atoms. The molecule has 3 heteroatoms. The summed E-state index contributed by atoms with van der Waals surface area (Å²) in [6.45, 7) is 5.84. The van der Waals surface area contributed by atoms with Crippen LogP contribution in [-0.2, 0) is 0 Å². The van der Waals surface area contributed by atoms with Crippen molar-refractivity contribution < 1.29 is 0 Å². The zero-order chi connectivity index (χ0) is 9.23. The molecule has 0 unspecified atom stereocenters. The van der Waals surface area contributed by atoms with Crippen LogP contribution in [0.1, 0.15) is 13.3 Å². The Morgan fingerprint density at radius 1 is 1.75 bits per heavy atom. The van der Waals surface area contributed by atoms with Crippen LogP contribution in [0.25, 0.3) is 0 Å². The van der Waals surface area contributed by atoms with Gasteiger partial charge in [-0.05, 0) is 5.75 Å². The first kappa shape index (κ1) is 11.0. The Morgan fingerprint density at radius 3 is 3.08 bits per heavy atom. The highest BCUT2D eigenvalue weighted by Crippen LogP contribution is 2.08. The number of aliphatic imine (C=N–C) groups is 1. The average molecular weight is 180 g/mol. The smallest absolute Gasteiger partial charge is 0.0663 e. The van der Waals surface area contributed by atoms with Crippen LogP contribution in [0.2, 0.25) is 0 Å². The summed E-state index contributed by atoms with van der Waals surface area (Å²) in [6.07, 6.45) is 5.43. The van der Waals surface area contributed by atoms with Crippen LogP contribution < -0.4 is 0 Å². The average Bonchev–Trinajstić information content (AvgIpc) is 2.05. The van der Waals surface area contributed by atoms with Crippen molar-refractivity contribution in [3.8, 4) is 6.07 Å². The second-order valence-corrected chi connectivity index (χ2v) is 3.31. The quantitative estimate of drug-likeness (QED) is 0.610. The lowest BCUT2D eigenvalue weighted by molar-refractivity contribution is 1.34. The van der Waals surface area contributed by atoms with Crippen molar-refractivity contribution in [1.82, 2.24) is 0 Å². The van der Waals surface area contributed by atoms with E-state index in [9.17, 15) is 0 Å². The van der Waals surface area contributed by atoms with Crippen molar-refractivity contribution in [3.05, 3.63) is 23.8 Å². The summed E-state index contributed by atoms with van der Waals surface area (Å²) >= 11 is 1.65. The van der Waals surface area contributed by atoms with Gasteiger partial charge in [0.2, 0.25) is 0 Å². The zero-order valence-corrected chi connectivity index (χ0v) is 7.97. The number of nitriles is 1. The molecule has 0 aliphatic heterocycles. The topological polar surface area (TPSA) is 36.1 Å².